The molecule has 47 heavy (non-hydrogen) atoms. The predicted octanol–water partition coefficient (Wildman–Crippen LogP) is 12.6. The van der Waals surface area contributed by atoms with Crippen molar-refractivity contribution in [2.45, 2.75) is 38.5 Å². The van der Waals surface area contributed by atoms with E-state index in [4.69, 9.17) is 0 Å². The third kappa shape index (κ3) is 4.02. The lowest BCUT2D eigenvalue weighted by atomic mass is 9.68. The molecule has 0 spiro atoms. The molecule has 0 aliphatic heterocycles. The summed E-state index contributed by atoms with van der Waals surface area (Å²) in [5.74, 6) is 0. The Morgan fingerprint density at radius 1 is 0.404 bits per heavy atom. The van der Waals surface area contributed by atoms with Crippen LogP contribution < -0.4 is 4.90 Å². The fourth-order valence-corrected chi connectivity index (χ4v) is 8.43. The zero-order valence-electron chi connectivity index (χ0n) is 27.4. The zero-order chi connectivity index (χ0) is 31.9. The van der Waals surface area contributed by atoms with Crippen LogP contribution in [0.2, 0.25) is 0 Å². The van der Waals surface area contributed by atoms with E-state index in [1.54, 1.807) is 0 Å². The zero-order valence-corrected chi connectivity index (χ0v) is 27.4. The second kappa shape index (κ2) is 10.0. The molecule has 9 rings (SSSR count). The van der Waals surface area contributed by atoms with Crippen LogP contribution in [-0.2, 0) is 10.8 Å². The second-order valence-electron chi connectivity index (χ2n) is 14.2. The molecule has 1 heteroatoms. The average molecular weight is 604 g/mol. The Bertz CT molecular complexity index is 2340. The van der Waals surface area contributed by atoms with Crippen molar-refractivity contribution in [1.82, 2.24) is 0 Å². The average Bonchev–Trinajstić information content (AvgIpc) is 3.34. The lowest BCUT2D eigenvalue weighted by molar-refractivity contribution is 0.645. The monoisotopic (exact) mass is 603 g/mol. The van der Waals surface area contributed by atoms with Crippen LogP contribution in [-0.4, -0.2) is 0 Å². The summed E-state index contributed by atoms with van der Waals surface area (Å²) in [4.78, 5) is 2.49. The van der Waals surface area contributed by atoms with Gasteiger partial charge in [0.15, 0.2) is 0 Å². The van der Waals surface area contributed by atoms with Gasteiger partial charge in [-0.2, -0.15) is 0 Å². The molecule has 0 saturated heterocycles. The molecule has 0 heterocycles. The number of nitrogens with zero attached hydrogens (tertiary/aromatic N) is 1. The Kier molecular flexibility index (Phi) is 5.96. The van der Waals surface area contributed by atoms with E-state index in [1.165, 1.54) is 77.8 Å². The van der Waals surface area contributed by atoms with Crippen molar-refractivity contribution in [1.29, 1.82) is 0 Å². The topological polar surface area (TPSA) is 3.24 Å². The highest BCUT2D eigenvalue weighted by Crippen LogP contribution is 2.55. The minimum absolute atomic E-state index is 0.0911. The molecule has 0 saturated carbocycles. The maximum atomic E-state index is 2.49. The van der Waals surface area contributed by atoms with Crippen LogP contribution in [0.1, 0.15) is 49.9 Å². The number of fused-ring (bicyclic) bond motifs is 5. The summed E-state index contributed by atoms with van der Waals surface area (Å²) in [5.41, 5.74) is 16.6. The fraction of sp³-hybridized carbons (Fsp3) is 0.130. The van der Waals surface area contributed by atoms with Gasteiger partial charge in [0.1, 0.15) is 0 Å². The van der Waals surface area contributed by atoms with Gasteiger partial charge in [-0.25, -0.2) is 0 Å². The number of anilines is 3. The number of hydrogen-bond donors (Lipinski definition) is 0. The number of rotatable bonds is 4. The van der Waals surface area contributed by atoms with E-state index in [1.807, 2.05) is 0 Å². The van der Waals surface area contributed by atoms with Crippen LogP contribution in [0.3, 0.4) is 0 Å². The van der Waals surface area contributed by atoms with Gasteiger partial charge < -0.3 is 4.90 Å². The maximum Gasteiger partial charge on any atom is 0.0546 e. The first-order valence-corrected chi connectivity index (χ1v) is 16.7. The second-order valence-corrected chi connectivity index (χ2v) is 14.2. The van der Waals surface area contributed by atoms with Crippen molar-refractivity contribution in [3.05, 3.63) is 174 Å². The molecule has 0 atom stereocenters. The highest BCUT2D eigenvalue weighted by atomic mass is 15.1. The number of benzene rings is 7. The fourth-order valence-electron chi connectivity index (χ4n) is 8.43. The molecule has 0 fully saturated rings. The van der Waals surface area contributed by atoms with Crippen LogP contribution in [0.25, 0.3) is 44.2 Å². The SMILES string of the molecule is CC1(C)c2ccccc2-c2ccc(N(c3ccc(-c4ccccc4)cc3)c3ccc4cccc5c4c3-c3ccccc3C5(C)C)cc21. The first kappa shape index (κ1) is 27.9. The molecule has 7 aromatic carbocycles. The molecule has 2 aliphatic rings. The molecule has 0 aromatic heterocycles. The van der Waals surface area contributed by atoms with Crippen LogP contribution in [0.4, 0.5) is 17.1 Å². The normalized spacial score (nSPS) is 14.7. The van der Waals surface area contributed by atoms with E-state index in [-0.39, 0.29) is 10.8 Å². The third-order valence-electron chi connectivity index (χ3n) is 10.9. The molecule has 0 N–H and O–H groups in total. The van der Waals surface area contributed by atoms with Crippen molar-refractivity contribution in [3.8, 4) is 33.4 Å². The van der Waals surface area contributed by atoms with Gasteiger partial charge >= 0.3 is 0 Å². The Labute approximate surface area is 277 Å². The van der Waals surface area contributed by atoms with E-state index in [9.17, 15) is 0 Å². The quantitative estimate of drug-likeness (QED) is 0.193. The Morgan fingerprint density at radius 2 is 0.979 bits per heavy atom. The smallest absolute Gasteiger partial charge is 0.0546 e. The van der Waals surface area contributed by atoms with Gasteiger partial charge in [0.05, 0.1) is 5.69 Å². The third-order valence-corrected chi connectivity index (χ3v) is 10.9. The predicted molar refractivity (Wildman–Crippen MR) is 199 cm³/mol. The first-order valence-electron chi connectivity index (χ1n) is 16.7. The van der Waals surface area contributed by atoms with E-state index in [0.717, 1.165) is 5.69 Å². The lowest BCUT2D eigenvalue weighted by Gasteiger charge is -2.38. The minimum atomic E-state index is -0.104. The lowest BCUT2D eigenvalue weighted by Crippen LogP contribution is -2.24. The van der Waals surface area contributed by atoms with Gasteiger partial charge in [-0.3, -0.25) is 0 Å². The van der Waals surface area contributed by atoms with Gasteiger partial charge in [0.2, 0.25) is 0 Å². The standard InChI is InChI=1S/C46H37N/c1-45(2)39-19-11-9-17-37(39)44-42(28-23-32-15-12-20-40(45)43(32)44)47(33-24-21-31(22-25-33)30-13-6-5-7-14-30)34-26-27-36-35-16-8-10-18-38(35)46(3,4)41(36)29-34/h5-29H,1-4H3. The molecule has 226 valence electrons. The molecule has 0 unspecified atom stereocenters. The first-order chi connectivity index (χ1) is 22.8. The van der Waals surface area contributed by atoms with E-state index < -0.39 is 0 Å². The summed E-state index contributed by atoms with van der Waals surface area (Å²) in [5, 5.41) is 2.64. The molecule has 0 amide bonds. The van der Waals surface area contributed by atoms with Gasteiger partial charge in [0, 0.05) is 27.8 Å². The van der Waals surface area contributed by atoms with E-state index in [2.05, 4.69) is 184 Å². The molecule has 0 bridgehead atoms. The maximum absolute atomic E-state index is 2.49. The van der Waals surface area contributed by atoms with Crippen LogP contribution in [0, 0.1) is 0 Å². The number of hydrogen-bond acceptors (Lipinski definition) is 1. The molecule has 0 radical (unpaired) electrons. The summed E-state index contributed by atoms with van der Waals surface area (Å²) in [6, 6.07) is 56.3. The molecular weight excluding hydrogens is 567 g/mol. The summed E-state index contributed by atoms with van der Waals surface area (Å²) < 4.78 is 0. The van der Waals surface area contributed by atoms with Crippen molar-refractivity contribution in [2.75, 3.05) is 4.90 Å². The van der Waals surface area contributed by atoms with Gasteiger partial charge in [-0.05, 0) is 91.2 Å². The minimum Gasteiger partial charge on any atom is -0.310 e. The Morgan fingerprint density at radius 3 is 1.74 bits per heavy atom. The Hall–Kier alpha value is -5.40. The largest absolute Gasteiger partial charge is 0.310 e. The summed E-state index contributed by atoms with van der Waals surface area (Å²) >= 11 is 0. The summed E-state index contributed by atoms with van der Waals surface area (Å²) in [6.07, 6.45) is 0. The van der Waals surface area contributed by atoms with Crippen LogP contribution >= 0.6 is 0 Å². The van der Waals surface area contributed by atoms with Crippen molar-refractivity contribution < 1.29 is 0 Å². The molecule has 7 aromatic rings. The van der Waals surface area contributed by atoms with Crippen LogP contribution in [0.5, 0.6) is 0 Å². The van der Waals surface area contributed by atoms with Gasteiger partial charge in [-0.15, -0.1) is 0 Å². The highest BCUT2D eigenvalue weighted by Gasteiger charge is 2.37. The van der Waals surface area contributed by atoms with Gasteiger partial charge in [0.25, 0.3) is 0 Å². The van der Waals surface area contributed by atoms with Crippen molar-refractivity contribution in [3.63, 3.8) is 0 Å². The molecule has 1 nitrogen and oxygen atoms in total. The molecule has 2 aliphatic carbocycles. The van der Waals surface area contributed by atoms with Crippen molar-refractivity contribution >= 4 is 27.8 Å². The molecular formula is C46H37N. The van der Waals surface area contributed by atoms with E-state index in [0.29, 0.717) is 0 Å². The van der Waals surface area contributed by atoms with Crippen LogP contribution in [0.15, 0.2) is 152 Å². The van der Waals surface area contributed by atoms with E-state index >= 15 is 0 Å². The summed E-state index contributed by atoms with van der Waals surface area (Å²) in [7, 11) is 0. The van der Waals surface area contributed by atoms with Crippen molar-refractivity contribution in [2.24, 2.45) is 0 Å². The highest BCUT2D eigenvalue weighted by molar-refractivity contribution is 6.10. The summed E-state index contributed by atoms with van der Waals surface area (Å²) in [6.45, 7) is 9.47. The van der Waals surface area contributed by atoms with Gasteiger partial charge in [-0.1, -0.05) is 149 Å². The Balaban J connectivity index is 1.32.